The second kappa shape index (κ2) is 2.87. The number of hydroxylamine groups is 1. The van der Waals surface area contributed by atoms with Crippen LogP contribution in [0.5, 0.6) is 0 Å². The van der Waals surface area contributed by atoms with Crippen LogP contribution in [0.4, 0.5) is 0 Å². The number of hydrogen-bond acceptors (Lipinski definition) is 7. The lowest BCUT2D eigenvalue weighted by molar-refractivity contribution is 0.205. The Bertz CT molecular complexity index is 381. The van der Waals surface area contributed by atoms with Crippen LogP contribution in [-0.4, -0.2) is 26.4 Å². The summed E-state index contributed by atoms with van der Waals surface area (Å²) in [6.45, 7) is 0. The molecule has 0 saturated carbocycles. The molecule has 0 atom stereocenters. The van der Waals surface area contributed by atoms with Crippen molar-refractivity contribution in [1.29, 1.82) is 0 Å². The van der Waals surface area contributed by atoms with Crippen molar-refractivity contribution in [3.05, 3.63) is 23.2 Å². The monoisotopic (exact) mass is 182 g/mol. The molecule has 0 saturated heterocycles. The summed E-state index contributed by atoms with van der Waals surface area (Å²) < 4.78 is 4.46. The third kappa shape index (κ3) is 1.05. The fourth-order valence-electron chi connectivity index (χ4n) is 1.14. The van der Waals surface area contributed by atoms with Crippen molar-refractivity contribution in [2.75, 3.05) is 0 Å². The van der Waals surface area contributed by atoms with Crippen molar-refractivity contribution in [3.63, 3.8) is 0 Å². The zero-order valence-electron chi connectivity index (χ0n) is 6.43. The minimum Gasteiger partial charge on any atom is -0.410 e. The predicted octanol–water partition coefficient (Wildman–Crippen LogP) is -0.333. The first kappa shape index (κ1) is 7.74. The maximum absolute atomic E-state index is 8.67. The highest BCUT2D eigenvalue weighted by molar-refractivity contribution is 6.12. The van der Waals surface area contributed by atoms with Crippen molar-refractivity contribution in [3.8, 4) is 0 Å². The quantitative estimate of drug-likeness (QED) is 0.405. The predicted molar refractivity (Wildman–Crippen MR) is 39.3 cm³/mol. The normalized spacial score (nSPS) is 18.2. The van der Waals surface area contributed by atoms with Crippen LogP contribution in [0.15, 0.2) is 21.6 Å². The molecule has 0 amide bonds. The molecule has 0 aromatic carbocycles. The fourth-order valence-corrected chi connectivity index (χ4v) is 1.14. The molecule has 0 bridgehead atoms. The lowest BCUT2D eigenvalue weighted by Gasteiger charge is -2.09. The van der Waals surface area contributed by atoms with Gasteiger partial charge in [0, 0.05) is 6.42 Å². The van der Waals surface area contributed by atoms with Gasteiger partial charge in [0.25, 0.3) is 0 Å². The van der Waals surface area contributed by atoms with Crippen LogP contribution in [0.25, 0.3) is 0 Å². The van der Waals surface area contributed by atoms with Gasteiger partial charge in [-0.05, 0) is 5.16 Å². The number of hydrogen-bond donors (Lipinski definition) is 3. The minimum absolute atomic E-state index is 0.116. The van der Waals surface area contributed by atoms with E-state index in [4.69, 9.17) is 10.4 Å². The molecule has 7 nitrogen and oxygen atoms in total. The molecule has 68 valence electrons. The summed E-state index contributed by atoms with van der Waals surface area (Å²) in [7, 11) is 0. The van der Waals surface area contributed by atoms with Gasteiger partial charge < -0.3 is 5.21 Å². The Labute approximate surface area is 72.3 Å². The molecular formula is C6H6N4O3. The molecule has 1 aromatic rings. The van der Waals surface area contributed by atoms with Crippen molar-refractivity contribution >= 4 is 5.71 Å². The molecule has 2 rings (SSSR count). The third-order valence-corrected chi connectivity index (χ3v) is 1.76. The van der Waals surface area contributed by atoms with Gasteiger partial charge in [-0.2, -0.15) is 0 Å². The van der Waals surface area contributed by atoms with Crippen molar-refractivity contribution in [2.24, 2.45) is 5.16 Å². The van der Waals surface area contributed by atoms with Gasteiger partial charge >= 0.3 is 0 Å². The molecule has 0 spiro atoms. The SMILES string of the molecule is O/N=C1/C(NO)=CCc2nonc21. The van der Waals surface area contributed by atoms with Crippen LogP contribution in [0.2, 0.25) is 0 Å². The van der Waals surface area contributed by atoms with Crippen LogP contribution >= 0.6 is 0 Å². The lowest BCUT2D eigenvalue weighted by atomic mass is 10.0. The number of nitrogens with one attached hydrogen (secondary N) is 1. The Morgan fingerprint density at radius 1 is 1.54 bits per heavy atom. The van der Waals surface area contributed by atoms with E-state index in [-0.39, 0.29) is 11.4 Å². The van der Waals surface area contributed by atoms with Gasteiger partial charge in [0.2, 0.25) is 0 Å². The summed E-state index contributed by atoms with van der Waals surface area (Å²) in [6.07, 6.45) is 2.09. The zero-order valence-corrected chi connectivity index (χ0v) is 6.43. The van der Waals surface area contributed by atoms with Gasteiger partial charge in [-0.3, -0.25) is 10.7 Å². The van der Waals surface area contributed by atoms with Gasteiger partial charge in [0.05, 0.1) is 5.70 Å². The number of aromatic nitrogens is 2. The van der Waals surface area contributed by atoms with Gasteiger partial charge in [0.1, 0.15) is 5.69 Å². The van der Waals surface area contributed by atoms with Gasteiger partial charge in [-0.15, -0.1) is 0 Å². The standard InChI is InChI=1S/C6H6N4O3/c11-7-3-1-2-4-6(5(3)8-12)10-13-9-4/h1,7,11-12H,2H2/b8-5-. The first-order valence-corrected chi connectivity index (χ1v) is 3.51. The first-order valence-electron chi connectivity index (χ1n) is 3.51. The van der Waals surface area contributed by atoms with E-state index in [1.165, 1.54) is 0 Å². The van der Waals surface area contributed by atoms with E-state index in [1.807, 2.05) is 5.48 Å². The summed E-state index contributed by atoms with van der Waals surface area (Å²) >= 11 is 0. The van der Waals surface area contributed by atoms with E-state index in [0.717, 1.165) is 0 Å². The first-order chi connectivity index (χ1) is 6.36. The van der Waals surface area contributed by atoms with E-state index in [1.54, 1.807) is 6.08 Å². The average Bonchev–Trinajstić information content (AvgIpc) is 2.63. The summed E-state index contributed by atoms with van der Waals surface area (Å²) in [5.41, 5.74) is 3.21. The fraction of sp³-hybridized carbons (Fsp3) is 0.167. The molecule has 0 unspecified atom stereocenters. The minimum atomic E-state index is 0.116. The van der Waals surface area contributed by atoms with Crippen molar-refractivity contribution in [2.45, 2.75) is 6.42 Å². The smallest absolute Gasteiger partial charge is 0.162 e. The van der Waals surface area contributed by atoms with Crippen LogP contribution in [-0.2, 0) is 6.42 Å². The van der Waals surface area contributed by atoms with E-state index < -0.39 is 0 Å². The van der Waals surface area contributed by atoms with Crippen LogP contribution < -0.4 is 5.48 Å². The van der Waals surface area contributed by atoms with Gasteiger partial charge in [0.15, 0.2) is 11.4 Å². The molecule has 1 heterocycles. The molecule has 0 aliphatic heterocycles. The van der Waals surface area contributed by atoms with E-state index in [2.05, 4.69) is 20.1 Å². The van der Waals surface area contributed by atoms with Crippen molar-refractivity contribution < 1.29 is 15.0 Å². The second-order valence-electron chi connectivity index (χ2n) is 2.44. The Kier molecular flexibility index (Phi) is 1.71. The molecule has 13 heavy (non-hydrogen) atoms. The Balaban J connectivity index is 2.49. The molecule has 0 radical (unpaired) electrons. The largest absolute Gasteiger partial charge is 0.410 e. The van der Waals surface area contributed by atoms with Crippen LogP contribution in [0.1, 0.15) is 11.4 Å². The highest BCUT2D eigenvalue weighted by Crippen LogP contribution is 2.16. The Hall–Kier alpha value is -1.89. The van der Waals surface area contributed by atoms with E-state index in [9.17, 15) is 0 Å². The summed E-state index contributed by atoms with van der Waals surface area (Å²) in [4.78, 5) is 0. The van der Waals surface area contributed by atoms with E-state index >= 15 is 0 Å². The summed E-state index contributed by atoms with van der Waals surface area (Å²) in [5, 5.41) is 27.4. The molecule has 1 aromatic heterocycles. The topological polar surface area (TPSA) is 104 Å². The highest BCUT2D eigenvalue weighted by atomic mass is 16.6. The summed E-state index contributed by atoms with van der Waals surface area (Å²) in [6, 6.07) is 0. The van der Waals surface area contributed by atoms with Crippen molar-refractivity contribution in [1.82, 2.24) is 15.8 Å². The van der Waals surface area contributed by atoms with Crippen LogP contribution in [0, 0.1) is 0 Å². The van der Waals surface area contributed by atoms with Gasteiger partial charge in [-0.25, -0.2) is 4.63 Å². The molecule has 1 aliphatic carbocycles. The number of oxime groups is 1. The number of fused-ring (bicyclic) bond motifs is 1. The molecule has 7 heteroatoms. The Morgan fingerprint density at radius 3 is 3.08 bits per heavy atom. The van der Waals surface area contributed by atoms with Gasteiger partial charge in [-0.1, -0.05) is 16.4 Å². The molecule has 1 aliphatic rings. The molecule has 3 N–H and O–H groups in total. The average molecular weight is 182 g/mol. The maximum atomic E-state index is 8.67. The Morgan fingerprint density at radius 2 is 2.38 bits per heavy atom. The van der Waals surface area contributed by atoms with E-state index in [0.29, 0.717) is 17.8 Å². The summed E-state index contributed by atoms with van der Waals surface area (Å²) in [5.74, 6) is 0. The second-order valence-corrected chi connectivity index (χ2v) is 2.44. The lowest BCUT2D eigenvalue weighted by Crippen LogP contribution is -2.22. The highest BCUT2D eigenvalue weighted by Gasteiger charge is 2.24. The number of nitrogens with zero attached hydrogens (tertiary/aromatic N) is 3. The number of allylic oxidation sites excluding steroid dienone is 2. The zero-order chi connectivity index (χ0) is 9.26. The van der Waals surface area contributed by atoms with Crippen LogP contribution in [0.3, 0.4) is 0 Å². The molecular weight excluding hydrogens is 176 g/mol. The third-order valence-electron chi connectivity index (χ3n) is 1.76. The number of rotatable bonds is 1. The maximum Gasteiger partial charge on any atom is 0.162 e. The molecule has 0 fully saturated rings.